The number of amides is 4. The summed E-state index contributed by atoms with van der Waals surface area (Å²) in [5.74, 6) is -2.78. The van der Waals surface area contributed by atoms with Gasteiger partial charge in [-0.25, -0.2) is 18.0 Å². The molecule has 0 radical (unpaired) electrons. The first-order valence-electron chi connectivity index (χ1n) is 17.1. The third-order valence-electron chi connectivity index (χ3n) is 8.89. The van der Waals surface area contributed by atoms with Crippen LogP contribution in [0.15, 0.2) is 46.9 Å². The van der Waals surface area contributed by atoms with Gasteiger partial charge in [-0.05, 0) is 77.3 Å². The number of furan rings is 1. The molecular formula is C35H46N4O10S. The fraction of sp³-hybridized carbons (Fsp3) is 0.571. The number of nitrogens with one attached hydrogen (secondary N) is 2. The molecule has 1 aromatic carbocycles. The molecule has 4 amide bonds. The number of unbranched alkanes of at least 4 members (excludes halogenated alkanes) is 3. The van der Waals surface area contributed by atoms with Gasteiger partial charge in [0.2, 0.25) is 33.5 Å². The Morgan fingerprint density at radius 1 is 1.08 bits per heavy atom. The first kappa shape index (κ1) is 36.9. The monoisotopic (exact) mass is 714 g/mol. The third kappa shape index (κ3) is 9.86. The molecule has 50 heavy (non-hydrogen) atoms. The van der Waals surface area contributed by atoms with E-state index in [2.05, 4.69) is 10.0 Å². The van der Waals surface area contributed by atoms with Gasteiger partial charge in [0.05, 0.1) is 11.8 Å². The minimum atomic E-state index is -3.55. The van der Waals surface area contributed by atoms with E-state index in [-0.39, 0.29) is 37.0 Å². The summed E-state index contributed by atoms with van der Waals surface area (Å²) in [5, 5.41) is 2.94. The van der Waals surface area contributed by atoms with Crippen molar-refractivity contribution in [1.82, 2.24) is 14.9 Å². The maximum atomic E-state index is 13.8. The van der Waals surface area contributed by atoms with Crippen LogP contribution in [0, 0.1) is 11.8 Å². The molecular weight excluding hydrogens is 668 g/mol. The molecule has 4 N–H and O–H groups in total. The minimum absolute atomic E-state index is 0.00161. The molecule has 1 aromatic heterocycles. The molecule has 1 saturated heterocycles. The van der Waals surface area contributed by atoms with Crippen molar-refractivity contribution >= 4 is 50.8 Å². The van der Waals surface area contributed by atoms with Gasteiger partial charge in [0.15, 0.2) is 0 Å². The van der Waals surface area contributed by atoms with Gasteiger partial charge in [0.25, 0.3) is 0 Å². The van der Waals surface area contributed by atoms with Crippen LogP contribution in [-0.2, 0) is 33.9 Å². The maximum Gasteiger partial charge on any atom is 0.408 e. The summed E-state index contributed by atoms with van der Waals surface area (Å²) in [5.41, 5.74) is 5.38. The zero-order valence-corrected chi connectivity index (χ0v) is 29.4. The summed E-state index contributed by atoms with van der Waals surface area (Å²) in [6.45, 7) is 5.01. The molecule has 15 heteroatoms. The predicted octanol–water partition coefficient (Wildman–Crippen LogP) is 3.69. The second kappa shape index (κ2) is 15.2. The molecule has 5 rings (SSSR count). The molecule has 1 aliphatic heterocycles. The minimum Gasteiger partial charge on any atom is -0.455 e. The van der Waals surface area contributed by atoms with Crippen molar-refractivity contribution < 1.29 is 46.3 Å². The number of ether oxygens (including phenoxy) is 2. The summed E-state index contributed by atoms with van der Waals surface area (Å²) in [7, 11) is -3.55. The number of hydrogen-bond donors (Lipinski definition) is 3. The van der Waals surface area contributed by atoms with E-state index >= 15 is 0 Å². The van der Waals surface area contributed by atoms with Gasteiger partial charge in [-0.3, -0.25) is 19.1 Å². The molecule has 272 valence electrons. The number of hydrogen-bond acceptors (Lipinski definition) is 10. The Balaban J connectivity index is 1.12. The van der Waals surface area contributed by atoms with E-state index in [1.807, 2.05) is 18.2 Å². The average Bonchev–Trinajstić information content (AvgIpc) is 3.95. The van der Waals surface area contributed by atoms with Crippen LogP contribution < -0.4 is 15.8 Å². The number of para-hydroxylation sites is 1. The lowest BCUT2D eigenvalue weighted by atomic mass is 10.0. The van der Waals surface area contributed by atoms with Crippen molar-refractivity contribution in [1.29, 1.82) is 0 Å². The van der Waals surface area contributed by atoms with Crippen molar-refractivity contribution in [3.05, 3.63) is 48.2 Å². The number of carbonyl (C=O) groups excluding carboxylic acids is 5. The van der Waals surface area contributed by atoms with Gasteiger partial charge in [-0.15, -0.1) is 0 Å². The number of sulfonamides is 1. The number of fused-ring (bicyclic) bond motifs is 1. The van der Waals surface area contributed by atoms with Crippen LogP contribution in [0.4, 0.5) is 4.79 Å². The smallest absolute Gasteiger partial charge is 0.408 e. The molecule has 2 aromatic rings. The first-order chi connectivity index (χ1) is 23.6. The number of nitrogens with two attached hydrogens (primary N) is 1. The Kier molecular flexibility index (Phi) is 11.2. The number of carbonyl (C=O) groups is 5. The van der Waals surface area contributed by atoms with Gasteiger partial charge < -0.3 is 29.8 Å². The number of nitrogens with zero attached hydrogens (tertiary/aromatic N) is 1. The summed E-state index contributed by atoms with van der Waals surface area (Å²) in [6, 6.07) is 6.59. The highest BCUT2D eigenvalue weighted by molar-refractivity contribution is 7.90. The largest absolute Gasteiger partial charge is 0.455 e. The molecule has 2 heterocycles. The molecule has 5 atom stereocenters. The fourth-order valence-corrected chi connectivity index (χ4v) is 7.42. The SMILES string of the molecule is CC(C)(C)OC(=O)N[C@@H](CCCCC/C=C\[C@@H]1C[C@@H]1C(=O)NS(=O)(=O)C1CC1)C(=O)N1C[C@H](OC(=O)c2cc3ccccc3o2)C[C@H]1C(N)=O. The molecule has 14 nitrogen and oxygen atoms in total. The first-order valence-corrected chi connectivity index (χ1v) is 18.7. The van der Waals surface area contributed by atoms with Crippen LogP contribution in [0.1, 0.15) is 89.1 Å². The molecule has 3 fully saturated rings. The number of esters is 1. The van der Waals surface area contributed by atoms with Gasteiger partial charge in [0, 0.05) is 17.7 Å². The number of allylic oxidation sites excluding steroid dienone is 2. The third-order valence-corrected chi connectivity index (χ3v) is 10.7. The van der Waals surface area contributed by atoms with Gasteiger partial charge >= 0.3 is 12.1 Å². The van der Waals surface area contributed by atoms with Crippen molar-refractivity contribution in [2.24, 2.45) is 17.6 Å². The van der Waals surface area contributed by atoms with Crippen LogP contribution in [0.3, 0.4) is 0 Å². The van der Waals surface area contributed by atoms with Crippen LogP contribution in [-0.4, -0.2) is 78.7 Å². The normalized spacial score (nSPS) is 22.7. The fourth-order valence-electron chi connectivity index (χ4n) is 6.06. The van der Waals surface area contributed by atoms with E-state index in [1.165, 1.54) is 4.90 Å². The molecule has 0 spiro atoms. The van der Waals surface area contributed by atoms with Crippen molar-refractivity contribution in [3.8, 4) is 0 Å². The highest BCUT2D eigenvalue weighted by Gasteiger charge is 2.45. The Morgan fingerprint density at radius 3 is 2.50 bits per heavy atom. The second-order valence-electron chi connectivity index (χ2n) is 14.3. The van der Waals surface area contributed by atoms with Crippen molar-refractivity contribution in [2.45, 2.75) is 108 Å². The standard InChI is InChI=1S/C35H46N4O10S/c1-35(2,3)49-34(44)37-26(13-8-6-4-5-7-11-21-17-25(21)31(41)38-50(45,46)24-15-16-24)32(42)39-20-23(19-27(39)30(36)40)47-33(43)29-18-22-12-9-10-14-28(22)48-29/h7,9-12,14,18,21,23-27H,4-6,8,13,15-17,19-20H2,1-3H3,(H2,36,40)(H,37,44)(H,38,41)/b11-7-/t21-,23-,25+,26+,27+/m1/s1. The lowest BCUT2D eigenvalue weighted by Crippen LogP contribution is -2.53. The zero-order chi connectivity index (χ0) is 36.2. The van der Waals surface area contributed by atoms with E-state index in [1.54, 1.807) is 45.0 Å². The zero-order valence-electron chi connectivity index (χ0n) is 28.6. The summed E-state index contributed by atoms with van der Waals surface area (Å²) in [4.78, 5) is 65.4. The van der Waals surface area contributed by atoms with E-state index in [0.717, 1.165) is 24.6 Å². The number of rotatable bonds is 15. The highest BCUT2D eigenvalue weighted by atomic mass is 32.2. The lowest BCUT2D eigenvalue weighted by Gasteiger charge is -2.28. The van der Waals surface area contributed by atoms with E-state index in [9.17, 15) is 32.4 Å². The Morgan fingerprint density at radius 2 is 1.82 bits per heavy atom. The van der Waals surface area contributed by atoms with Crippen LogP contribution in [0.25, 0.3) is 11.0 Å². The van der Waals surface area contributed by atoms with Crippen LogP contribution >= 0.6 is 0 Å². The second-order valence-corrected chi connectivity index (χ2v) is 16.3. The number of alkyl carbamates (subject to hydrolysis) is 1. The topological polar surface area (TPSA) is 204 Å². The van der Waals surface area contributed by atoms with Gasteiger partial charge in [-0.1, -0.05) is 43.2 Å². The van der Waals surface area contributed by atoms with Crippen LogP contribution in [0.5, 0.6) is 0 Å². The van der Waals surface area contributed by atoms with Crippen molar-refractivity contribution in [3.63, 3.8) is 0 Å². The van der Waals surface area contributed by atoms with Crippen LogP contribution in [0.2, 0.25) is 0 Å². The quantitative estimate of drug-likeness (QED) is 0.139. The molecule has 2 saturated carbocycles. The van der Waals surface area contributed by atoms with E-state index in [4.69, 9.17) is 19.6 Å². The Hall–Kier alpha value is -4.40. The summed E-state index contributed by atoms with van der Waals surface area (Å²) in [6.07, 6.45) is 7.14. The van der Waals surface area contributed by atoms with Gasteiger partial charge in [-0.2, -0.15) is 0 Å². The molecule has 0 unspecified atom stereocenters. The average molecular weight is 715 g/mol. The lowest BCUT2D eigenvalue weighted by molar-refractivity contribution is -0.139. The Labute approximate surface area is 291 Å². The Bertz CT molecular complexity index is 1710. The molecule has 2 aliphatic carbocycles. The van der Waals surface area contributed by atoms with E-state index < -0.39 is 68.8 Å². The number of benzene rings is 1. The van der Waals surface area contributed by atoms with E-state index in [0.29, 0.717) is 31.3 Å². The van der Waals surface area contributed by atoms with Crippen molar-refractivity contribution in [2.75, 3.05) is 6.54 Å². The molecule has 3 aliphatic rings. The highest BCUT2D eigenvalue weighted by Crippen LogP contribution is 2.40. The molecule has 0 bridgehead atoms. The van der Waals surface area contributed by atoms with Gasteiger partial charge in [0.1, 0.15) is 29.4 Å². The number of primary amides is 1. The predicted molar refractivity (Wildman–Crippen MR) is 182 cm³/mol. The summed E-state index contributed by atoms with van der Waals surface area (Å²) >= 11 is 0. The number of likely N-dealkylation sites (tertiary alicyclic amines) is 1. The maximum absolute atomic E-state index is 13.8. The summed E-state index contributed by atoms with van der Waals surface area (Å²) < 4.78 is 42.8.